The van der Waals surface area contributed by atoms with Crippen LogP contribution in [0.3, 0.4) is 0 Å². The summed E-state index contributed by atoms with van der Waals surface area (Å²) in [6, 6.07) is 5.09. The van der Waals surface area contributed by atoms with Gasteiger partial charge in [-0.05, 0) is 26.0 Å². The van der Waals surface area contributed by atoms with Crippen molar-refractivity contribution in [3.8, 4) is 10.6 Å². The lowest BCUT2D eigenvalue weighted by atomic mass is 10.1. The van der Waals surface area contributed by atoms with Crippen molar-refractivity contribution in [2.45, 2.75) is 19.9 Å². The van der Waals surface area contributed by atoms with E-state index in [2.05, 4.69) is 11.1 Å². The van der Waals surface area contributed by atoms with Crippen LogP contribution in [0.1, 0.15) is 22.9 Å². The van der Waals surface area contributed by atoms with E-state index in [1.165, 1.54) is 11.3 Å². The number of aryl methyl sites for hydroxylation is 2. The maximum absolute atomic E-state index is 10.8. The Kier molecular flexibility index (Phi) is 3.45. The van der Waals surface area contributed by atoms with Crippen LogP contribution in [0.5, 0.6) is 0 Å². The zero-order valence-corrected chi connectivity index (χ0v) is 11.0. The van der Waals surface area contributed by atoms with Gasteiger partial charge in [-0.1, -0.05) is 17.2 Å². The third-order valence-electron chi connectivity index (χ3n) is 2.58. The van der Waals surface area contributed by atoms with Gasteiger partial charge in [0.1, 0.15) is 11.0 Å². The second kappa shape index (κ2) is 4.88. The summed E-state index contributed by atoms with van der Waals surface area (Å²) in [7, 11) is 0. The van der Waals surface area contributed by atoms with Crippen molar-refractivity contribution in [1.82, 2.24) is 4.98 Å². The van der Waals surface area contributed by atoms with Gasteiger partial charge in [0.2, 0.25) is 0 Å². The molecule has 5 heteroatoms. The van der Waals surface area contributed by atoms with Gasteiger partial charge in [-0.3, -0.25) is 4.79 Å². The first-order valence-electron chi connectivity index (χ1n) is 5.50. The zero-order valence-electron chi connectivity index (χ0n) is 10.2. The number of carboxylic acids is 1. The minimum atomic E-state index is -1.06. The monoisotopic (exact) mass is 262 g/mol. The van der Waals surface area contributed by atoms with Crippen molar-refractivity contribution in [3.05, 3.63) is 40.4 Å². The Morgan fingerprint density at radius 2 is 1.94 bits per heavy atom. The molecule has 0 fully saturated rings. The predicted octanol–water partition coefficient (Wildman–Crippen LogP) is 2.51. The molecule has 2 rings (SSSR count). The highest BCUT2D eigenvalue weighted by Crippen LogP contribution is 2.27. The van der Waals surface area contributed by atoms with Crippen LogP contribution < -0.4 is 5.73 Å². The average Bonchev–Trinajstić information content (AvgIpc) is 2.75. The van der Waals surface area contributed by atoms with Crippen LogP contribution in [-0.4, -0.2) is 16.1 Å². The number of thiazole rings is 1. The minimum Gasteiger partial charge on any atom is -0.480 e. The molecule has 0 radical (unpaired) electrons. The van der Waals surface area contributed by atoms with E-state index in [0.29, 0.717) is 5.69 Å². The second-order valence-electron chi connectivity index (χ2n) is 4.27. The summed E-state index contributed by atoms with van der Waals surface area (Å²) in [4.78, 5) is 15.1. The SMILES string of the molecule is Cc1cc(C)cc(-c2nc(C(N)C(=O)O)cs2)c1. The molecule has 1 aromatic carbocycles. The van der Waals surface area contributed by atoms with E-state index in [1.54, 1.807) is 5.38 Å². The molecule has 0 saturated heterocycles. The number of nitrogens with zero attached hydrogens (tertiary/aromatic N) is 1. The molecule has 1 atom stereocenters. The third-order valence-corrected chi connectivity index (χ3v) is 3.48. The average molecular weight is 262 g/mol. The van der Waals surface area contributed by atoms with E-state index in [-0.39, 0.29) is 0 Å². The highest BCUT2D eigenvalue weighted by Gasteiger charge is 2.18. The van der Waals surface area contributed by atoms with Crippen LogP contribution in [0.25, 0.3) is 10.6 Å². The largest absolute Gasteiger partial charge is 0.480 e. The van der Waals surface area contributed by atoms with Gasteiger partial charge in [-0.15, -0.1) is 11.3 Å². The van der Waals surface area contributed by atoms with Gasteiger partial charge in [0.05, 0.1) is 5.69 Å². The molecule has 0 bridgehead atoms. The number of aliphatic carboxylic acids is 1. The molecule has 0 aliphatic heterocycles. The van der Waals surface area contributed by atoms with Crippen molar-refractivity contribution in [1.29, 1.82) is 0 Å². The fraction of sp³-hybridized carbons (Fsp3) is 0.231. The molecule has 4 nitrogen and oxygen atoms in total. The highest BCUT2D eigenvalue weighted by molar-refractivity contribution is 7.13. The molecule has 0 amide bonds. The lowest BCUT2D eigenvalue weighted by Gasteiger charge is -2.02. The molecule has 1 heterocycles. The molecular weight excluding hydrogens is 248 g/mol. The summed E-state index contributed by atoms with van der Waals surface area (Å²) in [6.07, 6.45) is 0. The lowest BCUT2D eigenvalue weighted by Crippen LogP contribution is -2.20. The summed E-state index contributed by atoms with van der Waals surface area (Å²) >= 11 is 1.41. The van der Waals surface area contributed by atoms with Gasteiger partial charge in [0, 0.05) is 10.9 Å². The molecule has 0 aliphatic rings. The molecule has 2 aromatic rings. The molecule has 0 spiro atoms. The van der Waals surface area contributed by atoms with Crippen LogP contribution in [0.15, 0.2) is 23.6 Å². The smallest absolute Gasteiger partial charge is 0.326 e. The van der Waals surface area contributed by atoms with Crippen molar-refractivity contribution >= 4 is 17.3 Å². The fourth-order valence-corrected chi connectivity index (χ4v) is 2.63. The maximum atomic E-state index is 10.8. The van der Waals surface area contributed by atoms with Crippen LogP contribution in [0.2, 0.25) is 0 Å². The Hall–Kier alpha value is -1.72. The number of carbonyl (C=O) groups is 1. The van der Waals surface area contributed by atoms with Crippen molar-refractivity contribution in [2.75, 3.05) is 0 Å². The zero-order chi connectivity index (χ0) is 13.3. The first-order valence-corrected chi connectivity index (χ1v) is 6.38. The predicted molar refractivity (Wildman–Crippen MR) is 71.6 cm³/mol. The van der Waals surface area contributed by atoms with Gasteiger partial charge in [-0.2, -0.15) is 0 Å². The third kappa shape index (κ3) is 2.57. The summed E-state index contributed by atoms with van der Waals surface area (Å²) in [5.74, 6) is -1.06. The molecule has 1 unspecified atom stereocenters. The van der Waals surface area contributed by atoms with E-state index >= 15 is 0 Å². The summed E-state index contributed by atoms with van der Waals surface area (Å²) in [5.41, 5.74) is 9.25. The van der Waals surface area contributed by atoms with Crippen molar-refractivity contribution < 1.29 is 9.90 Å². The molecule has 0 saturated carbocycles. The van der Waals surface area contributed by atoms with Gasteiger partial charge in [-0.25, -0.2) is 4.98 Å². The number of hydrogen-bond acceptors (Lipinski definition) is 4. The number of aromatic nitrogens is 1. The molecule has 1 aromatic heterocycles. The van der Waals surface area contributed by atoms with Gasteiger partial charge < -0.3 is 10.8 Å². The maximum Gasteiger partial charge on any atom is 0.326 e. The Bertz CT molecular complexity index is 572. The van der Waals surface area contributed by atoms with Gasteiger partial charge in [0.15, 0.2) is 0 Å². The highest BCUT2D eigenvalue weighted by atomic mass is 32.1. The van der Waals surface area contributed by atoms with Crippen molar-refractivity contribution in [2.24, 2.45) is 5.73 Å². The Balaban J connectivity index is 2.37. The normalized spacial score (nSPS) is 12.4. The molecule has 3 N–H and O–H groups in total. The van der Waals surface area contributed by atoms with Crippen molar-refractivity contribution in [3.63, 3.8) is 0 Å². The van der Waals surface area contributed by atoms with E-state index in [1.807, 2.05) is 26.0 Å². The first kappa shape index (κ1) is 12.7. The van der Waals surface area contributed by atoms with E-state index in [4.69, 9.17) is 10.8 Å². The number of rotatable bonds is 3. The number of hydrogen-bond donors (Lipinski definition) is 2. The van der Waals surface area contributed by atoms with Gasteiger partial charge >= 0.3 is 5.97 Å². The first-order chi connectivity index (χ1) is 8.47. The summed E-state index contributed by atoms with van der Waals surface area (Å²) < 4.78 is 0. The Morgan fingerprint density at radius 3 is 2.50 bits per heavy atom. The fourth-order valence-electron chi connectivity index (χ4n) is 1.79. The Morgan fingerprint density at radius 1 is 1.33 bits per heavy atom. The minimum absolute atomic E-state index is 0.404. The van der Waals surface area contributed by atoms with E-state index < -0.39 is 12.0 Å². The Labute approximate surface area is 109 Å². The molecular formula is C13H14N2O2S. The lowest BCUT2D eigenvalue weighted by molar-refractivity contribution is -0.138. The van der Waals surface area contributed by atoms with E-state index in [0.717, 1.165) is 21.7 Å². The number of carboxylic acid groups (broad SMARTS) is 1. The van der Waals surface area contributed by atoms with Gasteiger partial charge in [0.25, 0.3) is 0 Å². The second-order valence-corrected chi connectivity index (χ2v) is 5.13. The van der Waals surface area contributed by atoms with Crippen LogP contribution >= 0.6 is 11.3 Å². The number of nitrogens with two attached hydrogens (primary N) is 1. The molecule has 18 heavy (non-hydrogen) atoms. The summed E-state index contributed by atoms with van der Waals surface area (Å²) in [6.45, 7) is 4.04. The van der Waals surface area contributed by atoms with Crippen LogP contribution in [0.4, 0.5) is 0 Å². The molecule has 0 aliphatic carbocycles. The number of benzene rings is 1. The van der Waals surface area contributed by atoms with E-state index in [9.17, 15) is 4.79 Å². The van der Waals surface area contributed by atoms with Crippen LogP contribution in [0, 0.1) is 13.8 Å². The standard InChI is InChI=1S/C13H14N2O2S/c1-7-3-8(2)5-9(4-7)12-15-10(6-18-12)11(14)13(16)17/h3-6,11H,14H2,1-2H3,(H,16,17). The quantitative estimate of drug-likeness (QED) is 0.891. The topological polar surface area (TPSA) is 76.2 Å². The van der Waals surface area contributed by atoms with Crippen LogP contribution in [-0.2, 0) is 4.79 Å². The summed E-state index contributed by atoms with van der Waals surface area (Å²) in [5, 5.41) is 11.3. The molecule has 94 valence electrons.